The van der Waals surface area contributed by atoms with Crippen LogP contribution >= 0.6 is 0 Å². The van der Waals surface area contributed by atoms with Crippen molar-refractivity contribution in [1.29, 1.82) is 0 Å². The van der Waals surface area contributed by atoms with Crippen molar-refractivity contribution in [2.45, 2.75) is 19.3 Å². The van der Waals surface area contributed by atoms with E-state index in [-0.39, 0.29) is 48.1 Å². The van der Waals surface area contributed by atoms with Crippen molar-refractivity contribution in [1.82, 2.24) is 0 Å². The minimum absolute atomic E-state index is 0.0133. The van der Waals surface area contributed by atoms with Crippen LogP contribution in [0.5, 0.6) is 17.2 Å². The highest BCUT2D eigenvalue weighted by atomic mass is 16.5. The van der Waals surface area contributed by atoms with Gasteiger partial charge in [-0.3, -0.25) is 19.2 Å². The second-order valence-corrected chi connectivity index (χ2v) is 6.64. The molecule has 166 valence electrons. The molecule has 2 aromatic carbocycles. The molecule has 2 N–H and O–H groups in total. The molecule has 0 aromatic heterocycles. The number of carboxylic acid groups (broad SMARTS) is 1. The smallest absolute Gasteiger partial charge is 0.311 e. The molecular formula is C24H22O8. The third kappa shape index (κ3) is 8.27. The van der Waals surface area contributed by atoms with E-state index in [1.54, 1.807) is 24.3 Å². The van der Waals surface area contributed by atoms with Gasteiger partial charge in [0.25, 0.3) is 0 Å². The third-order valence-electron chi connectivity index (χ3n) is 4.13. The largest absolute Gasteiger partial charge is 0.504 e. The highest BCUT2D eigenvalue weighted by Crippen LogP contribution is 2.26. The number of esters is 1. The predicted octanol–water partition coefficient (Wildman–Crippen LogP) is 3.43. The van der Waals surface area contributed by atoms with Crippen molar-refractivity contribution in [2.24, 2.45) is 0 Å². The van der Waals surface area contributed by atoms with Crippen LogP contribution in [0.1, 0.15) is 30.4 Å². The number of benzene rings is 2. The summed E-state index contributed by atoms with van der Waals surface area (Å²) in [6.07, 6.45) is 4.78. The number of hydrogen-bond donors (Lipinski definition) is 2. The van der Waals surface area contributed by atoms with E-state index in [1.165, 1.54) is 49.6 Å². The van der Waals surface area contributed by atoms with Crippen LogP contribution in [0.15, 0.2) is 54.6 Å². The summed E-state index contributed by atoms with van der Waals surface area (Å²) in [5, 5.41) is 18.1. The summed E-state index contributed by atoms with van der Waals surface area (Å²) in [5.74, 6) is -1.97. The summed E-state index contributed by atoms with van der Waals surface area (Å²) in [6, 6.07) is 10.9. The van der Waals surface area contributed by atoms with Gasteiger partial charge in [-0.25, -0.2) is 0 Å². The normalized spacial score (nSPS) is 10.9. The molecule has 0 fully saturated rings. The maximum Gasteiger partial charge on any atom is 0.311 e. The van der Waals surface area contributed by atoms with E-state index in [2.05, 4.69) is 0 Å². The quantitative estimate of drug-likeness (QED) is 0.236. The lowest BCUT2D eigenvalue weighted by atomic mass is 10.1. The Morgan fingerprint density at radius 2 is 1.47 bits per heavy atom. The number of aromatic hydroxyl groups is 1. The molecular weight excluding hydrogens is 416 g/mol. The molecule has 2 aromatic rings. The van der Waals surface area contributed by atoms with Gasteiger partial charge in [0.1, 0.15) is 5.75 Å². The Morgan fingerprint density at radius 1 is 0.875 bits per heavy atom. The maximum atomic E-state index is 12.0. The third-order valence-corrected chi connectivity index (χ3v) is 4.13. The van der Waals surface area contributed by atoms with Crippen molar-refractivity contribution >= 4 is 35.7 Å². The fourth-order valence-electron chi connectivity index (χ4n) is 2.50. The summed E-state index contributed by atoms with van der Waals surface area (Å²) >= 11 is 0. The van der Waals surface area contributed by atoms with E-state index in [1.807, 2.05) is 0 Å². The number of rotatable bonds is 11. The van der Waals surface area contributed by atoms with Crippen molar-refractivity contribution in [3.8, 4) is 17.2 Å². The van der Waals surface area contributed by atoms with E-state index in [0.29, 0.717) is 11.1 Å². The van der Waals surface area contributed by atoms with E-state index in [4.69, 9.17) is 14.6 Å². The molecule has 0 saturated carbocycles. The van der Waals surface area contributed by atoms with Gasteiger partial charge in [-0.05, 0) is 47.5 Å². The molecule has 0 heterocycles. The van der Waals surface area contributed by atoms with E-state index in [9.17, 15) is 24.3 Å². The second kappa shape index (κ2) is 11.8. The number of carboxylic acids is 1. The molecule has 0 saturated heterocycles. The van der Waals surface area contributed by atoms with Gasteiger partial charge >= 0.3 is 11.9 Å². The van der Waals surface area contributed by atoms with Crippen molar-refractivity contribution in [2.75, 3.05) is 7.11 Å². The number of methoxy groups -OCH3 is 1. The minimum atomic E-state index is -1.08. The van der Waals surface area contributed by atoms with E-state index >= 15 is 0 Å². The fraction of sp³-hybridized carbons (Fsp3) is 0.167. The second-order valence-electron chi connectivity index (χ2n) is 6.64. The van der Waals surface area contributed by atoms with Crippen LogP contribution in [0.25, 0.3) is 12.2 Å². The number of hydrogen-bond acceptors (Lipinski definition) is 7. The number of allylic oxidation sites excluding steroid dienone is 2. The highest BCUT2D eigenvalue weighted by molar-refractivity contribution is 6.10. The zero-order valence-corrected chi connectivity index (χ0v) is 17.3. The first kappa shape index (κ1) is 24.1. The fourth-order valence-corrected chi connectivity index (χ4v) is 2.50. The summed E-state index contributed by atoms with van der Waals surface area (Å²) < 4.78 is 10.0. The summed E-state index contributed by atoms with van der Waals surface area (Å²) in [5.41, 5.74) is 1.29. The zero-order chi connectivity index (χ0) is 23.5. The van der Waals surface area contributed by atoms with Crippen molar-refractivity contribution in [3.63, 3.8) is 0 Å². The number of ketones is 2. The molecule has 0 atom stereocenters. The first-order valence-corrected chi connectivity index (χ1v) is 9.58. The van der Waals surface area contributed by atoms with Gasteiger partial charge in [-0.15, -0.1) is 0 Å². The number of carbonyl (C=O) groups excluding carboxylic acids is 3. The lowest BCUT2D eigenvalue weighted by Crippen LogP contribution is -2.10. The van der Waals surface area contributed by atoms with Crippen LogP contribution in [0.4, 0.5) is 0 Å². The molecule has 0 aliphatic rings. The van der Waals surface area contributed by atoms with Crippen LogP contribution in [0.2, 0.25) is 0 Å². The molecule has 0 spiro atoms. The lowest BCUT2D eigenvalue weighted by Gasteiger charge is -2.03. The zero-order valence-electron chi connectivity index (χ0n) is 17.3. The summed E-state index contributed by atoms with van der Waals surface area (Å²) in [6.45, 7) is 0. The standard InChI is InChI=1S/C24H22O8/c1-31-22-14-17(6-11-21(22)27)3-8-19(26)15-18(25)7-2-16-4-9-20(10-5-16)32-24(30)13-12-23(28)29/h2-11,14,27H,12-13,15H2,1H3,(H,28,29). The molecule has 0 unspecified atom stereocenters. The first-order chi connectivity index (χ1) is 15.3. The molecule has 0 radical (unpaired) electrons. The van der Waals surface area contributed by atoms with Gasteiger partial charge in [0.2, 0.25) is 0 Å². The van der Waals surface area contributed by atoms with Gasteiger partial charge in [0, 0.05) is 0 Å². The molecule has 2 rings (SSSR count). The van der Waals surface area contributed by atoms with Gasteiger partial charge in [0.15, 0.2) is 23.1 Å². The van der Waals surface area contributed by atoms with Crippen LogP contribution in [-0.4, -0.2) is 40.8 Å². The van der Waals surface area contributed by atoms with Crippen LogP contribution in [-0.2, 0) is 19.2 Å². The van der Waals surface area contributed by atoms with E-state index < -0.39 is 11.9 Å². The molecule has 0 aliphatic heterocycles. The summed E-state index contributed by atoms with van der Waals surface area (Å²) in [4.78, 5) is 46.0. The Morgan fingerprint density at radius 3 is 2.06 bits per heavy atom. The molecule has 8 heteroatoms. The van der Waals surface area contributed by atoms with Crippen LogP contribution in [0.3, 0.4) is 0 Å². The topological polar surface area (TPSA) is 127 Å². The highest BCUT2D eigenvalue weighted by Gasteiger charge is 2.08. The maximum absolute atomic E-state index is 12.0. The SMILES string of the molecule is COc1cc(C=CC(=O)CC(=O)C=Cc2ccc(OC(=O)CCC(=O)O)cc2)ccc1O. The number of ether oxygens (including phenoxy) is 2. The van der Waals surface area contributed by atoms with Gasteiger partial charge in [-0.1, -0.05) is 30.4 Å². The van der Waals surface area contributed by atoms with Crippen molar-refractivity contribution in [3.05, 3.63) is 65.7 Å². The number of phenolic OH excluding ortho intramolecular Hbond substituents is 1. The Kier molecular flexibility index (Phi) is 8.91. The average molecular weight is 438 g/mol. The van der Waals surface area contributed by atoms with Crippen molar-refractivity contribution < 1.29 is 38.9 Å². The minimum Gasteiger partial charge on any atom is -0.504 e. The van der Waals surface area contributed by atoms with Crippen LogP contribution < -0.4 is 9.47 Å². The number of phenols is 1. The summed E-state index contributed by atoms with van der Waals surface area (Å²) in [7, 11) is 1.42. The molecule has 32 heavy (non-hydrogen) atoms. The van der Waals surface area contributed by atoms with Crippen LogP contribution in [0, 0.1) is 0 Å². The molecule has 0 aliphatic carbocycles. The van der Waals surface area contributed by atoms with Gasteiger partial charge in [0.05, 0.1) is 26.4 Å². The van der Waals surface area contributed by atoms with Gasteiger partial charge in [-0.2, -0.15) is 0 Å². The molecule has 0 bridgehead atoms. The Hall–Kier alpha value is -4.20. The Balaban J connectivity index is 1.85. The predicted molar refractivity (Wildman–Crippen MR) is 116 cm³/mol. The number of aliphatic carboxylic acids is 1. The first-order valence-electron chi connectivity index (χ1n) is 9.58. The lowest BCUT2D eigenvalue weighted by molar-refractivity contribution is -0.142. The monoisotopic (exact) mass is 438 g/mol. The Bertz CT molecular complexity index is 1050. The molecule has 0 amide bonds. The van der Waals surface area contributed by atoms with E-state index in [0.717, 1.165) is 0 Å². The van der Waals surface area contributed by atoms with Gasteiger partial charge < -0.3 is 19.7 Å². The number of carbonyl (C=O) groups is 4. The molecule has 8 nitrogen and oxygen atoms in total. The Labute approximate surface area is 184 Å². The average Bonchev–Trinajstić information content (AvgIpc) is 2.76.